The number of hydrogen-bond donors (Lipinski definition) is 2. The van der Waals surface area contributed by atoms with Crippen LogP contribution in [-0.2, 0) is 22.6 Å². The van der Waals surface area contributed by atoms with Gasteiger partial charge in [-0.15, -0.1) is 11.3 Å². The van der Waals surface area contributed by atoms with E-state index in [1.54, 1.807) is 25.3 Å². The minimum absolute atomic E-state index is 0.0538. The summed E-state index contributed by atoms with van der Waals surface area (Å²) in [5.74, 6) is -0.209. The Morgan fingerprint density at radius 1 is 1.21 bits per heavy atom. The van der Waals surface area contributed by atoms with Crippen LogP contribution in [0, 0.1) is 0 Å². The summed E-state index contributed by atoms with van der Waals surface area (Å²) in [5.41, 5.74) is 3.20. The molecule has 2 unspecified atom stereocenters. The van der Waals surface area contributed by atoms with Gasteiger partial charge in [0.05, 0.1) is 12.6 Å². The molecule has 1 aromatic heterocycles. The lowest BCUT2D eigenvalue weighted by Crippen LogP contribution is -2.52. The molecule has 5 nitrogen and oxygen atoms in total. The summed E-state index contributed by atoms with van der Waals surface area (Å²) in [6.45, 7) is 2.29. The number of nitrogens with one attached hydrogen (secondary N) is 2. The van der Waals surface area contributed by atoms with Crippen LogP contribution in [0.3, 0.4) is 0 Å². The number of likely N-dealkylation sites (N-methyl/N-ethyl adjacent to an activating group) is 1. The molecular formula is C23H25N3O2S. The van der Waals surface area contributed by atoms with Crippen LogP contribution in [0.2, 0.25) is 0 Å². The number of thiophene rings is 1. The van der Waals surface area contributed by atoms with Crippen molar-refractivity contribution in [3.63, 3.8) is 0 Å². The number of benzene rings is 2. The molecule has 150 valence electrons. The summed E-state index contributed by atoms with van der Waals surface area (Å²) in [4.78, 5) is 27.8. The first-order valence-electron chi connectivity index (χ1n) is 9.90. The maximum atomic E-state index is 13.5. The van der Waals surface area contributed by atoms with E-state index in [1.807, 2.05) is 35.2 Å². The summed E-state index contributed by atoms with van der Waals surface area (Å²) >= 11 is 1.69. The first-order chi connectivity index (χ1) is 14.1. The average Bonchev–Trinajstić information content (AvgIpc) is 3.11. The molecule has 0 saturated heterocycles. The van der Waals surface area contributed by atoms with Crippen LogP contribution in [0.25, 0.3) is 10.1 Å². The minimum atomic E-state index is -0.532. The summed E-state index contributed by atoms with van der Waals surface area (Å²) in [7, 11) is 1.74. The van der Waals surface area contributed by atoms with Crippen molar-refractivity contribution in [3.05, 3.63) is 65.0 Å². The number of rotatable bonds is 5. The Morgan fingerprint density at radius 2 is 1.97 bits per heavy atom. The number of para-hydroxylation sites is 1. The van der Waals surface area contributed by atoms with Crippen LogP contribution in [0.4, 0.5) is 5.69 Å². The molecule has 2 amide bonds. The third kappa shape index (κ3) is 3.91. The van der Waals surface area contributed by atoms with Crippen LogP contribution in [-0.4, -0.2) is 30.9 Å². The second-order valence-corrected chi connectivity index (χ2v) is 8.33. The van der Waals surface area contributed by atoms with Crippen LogP contribution >= 0.6 is 11.3 Å². The Labute approximate surface area is 174 Å². The van der Waals surface area contributed by atoms with Crippen LogP contribution in [0.1, 0.15) is 24.5 Å². The van der Waals surface area contributed by atoms with E-state index >= 15 is 0 Å². The number of carbonyl (C=O) groups excluding carboxylic acids is 2. The summed E-state index contributed by atoms with van der Waals surface area (Å²) in [6.07, 6.45) is 1.35. The molecule has 0 radical (unpaired) electrons. The van der Waals surface area contributed by atoms with Crippen molar-refractivity contribution in [1.82, 2.24) is 10.6 Å². The zero-order chi connectivity index (χ0) is 20.4. The van der Waals surface area contributed by atoms with Crippen molar-refractivity contribution in [3.8, 4) is 0 Å². The Bertz CT molecular complexity index is 1050. The number of aryl methyl sites for hydroxylation is 1. The molecule has 2 atom stereocenters. The van der Waals surface area contributed by atoms with Crippen molar-refractivity contribution in [2.45, 2.75) is 38.4 Å². The first kappa shape index (κ1) is 19.6. The molecule has 2 heterocycles. The minimum Gasteiger partial charge on any atom is -0.343 e. The average molecular weight is 408 g/mol. The quantitative estimate of drug-likeness (QED) is 0.681. The monoisotopic (exact) mass is 407 g/mol. The highest BCUT2D eigenvalue weighted by atomic mass is 32.1. The highest BCUT2D eigenvalue weighted by molar-refractivity contribution is 7.17. The van der Waals surface area contributed by atoms with E-state index in [4.69, 9.17) is 0 Å². The van der Waals surface area contributed by atoms with Gasteiger partial charge >= 0.3 is 0 Å². The Morgan fingerprint density at radius 3 is 2.79 bits per heavy atom. The molecule has 1 aliphatic heterocycles. The Hall–Kier alpha value is -2.70. The molecule has 2 aromatic carbocycles. The fourth-order valence-electron chi connectivity index (χ4n) is 3.77. The second-order valence-electron chi connectivity index (χ2n) is 7.42. The molecule has 0 spiro atoms. The number of amides is 2. The third-order valence-electron chi connectivity index (χ3n) is 5.58. The van der Waals surface area contributed by atoms with E-state index in [-0.39, 0.29) is 17.9 Å². The van der Waals surface area contributed by atoms with Crippen molar-refractivity contribution < 1.29 is 9.59 Å². The molecule has 1 aliphatic rings. The molecule has 0 saturated carbocycles. The smallest absolute Gasteiger partial charge is 0.249 e. The number of hydrogen-bond acceptors (Lipinski definition) is 4. The van der Waals surface area contributed by atoms with Crippen LogP contribution in [0.15, 0.2) is 53.9 Å². The summed E-state index contributed by atoms with van der Waals surface area (Å²) in [5, 5.41) is 9.19. The van der Waals surface area contributed by atoms with Gasteiger partial charge in [0.1, 0.15) is 6.04 Å². The number of carbonyl (C=O) groups is 2. The molecule has 0 aliphatic carbocycles. The molecule has 4 rings (SSSR count). The zero-order valence-corrected chi connectivity index (χ0v) is 17.5. The third-order valence-corrected chi connectivity index (χ3v) is 6.59. The van der Waals surface area contributed by atoms with E-state index in [9.17, 15) is 9.59 Å². The van der Waals surface area contributed by atoms with E-state index in [0.29, 0.717) is 13.0 Å². The molecule has 3 aromatic rings. The standard InChI is InChI=1S/C23H25N3O2S/c1-15(24-2)22(27)25-19-12-11-16-7-3-5-9-20(16)26(23(19)28)13-17-14-29-21-10-6-4-8-18(17)21/h3-10,14-15,19,24H,11-13H2,1-2H3,(H,25,27). The van der Waals surface area contributed by atoms with Crippen molar-refractivity contribution in [1.29, 1.82) is 0 Å². The van der Waals surface area contributed by atoms with Crippen molar-refractivity contribution in [2.24, 2.45) is 0 Å². The maximum Gasteiger partial charge on any atom is 0.249 e. The van der Waals surface area contributed by atoms with Gasteiger partial charge in [-0.1, -0.05) is 36.4 Å². The van der Waals surface area contributed by atoms with Gasteiger partial charge in [0.2, 0.25) is 11.8 Å². The summed E-state index contributed by atoms with van der Waals surface area (Å²) < 4.78 is 1.21. The highest BCUT2D eigenvalue weighted by Crippen LogP contribution is 2.32. The molecule has 2 N–H and O–H groups in total. The highest BCUT2D eigenvalue weighted by Gasteiger charge is 2.32. The van der Waals surface area contributed by atoms with Gasteiger partial charge in [0, 0.05) is 10.4 Å². The predicted molar refractivity (Wildman–Crippen MR) is 118 cm³/mol. The number of nitrogens with zero attached hydrogens (tertiary/aromatic N) is 1. The molecule has 6 heteroatoms. The van der Waals surface area contributed by atoms with Gasteiger partial charge in [-0.3, -0.25) is 9.59 Å². The molecule has 29 heavy (non-hydrogen) atoms. The van der Waals surface area contributed by atoms with Gasteiger partial charge < -0.3 is 15.5 Å². The van der Waals surface area contributed by atoms with Gasteiger partial charge in [-0.05, 0) is 60.8 Å². The van der Waals surface area contributed by atoms with Crippen molar-refractivity contribution >= 4 is 38.9 Å². The van der Waals surface area contributed by atoms with Gasteiger partial charge in [-0.2, -0.15) is 0 Å². The number of fused-ring (bicyclic) bond motifs is 2. The fraction of sp³-hybridized carbons (Fsp3) is 0.304. The normalized spacial score (nSPS) is 17.7. The number of anilines is 1. The molecule has 0 bridgehead atoms. The predicted octanol–water partition coefficient (Wildman–Crippen LogP) is 3.47. The van der Waals surface area contributed by atoms with E-state index in [1.165, 1.54) is 10.1 Å². The SMILES string of the molecule is CNC(C)C(=O)NC1CCc2ccccc2N(Cc2csc3ccccc23)C1=O. The maximum absolute atomic E-state index is 13.5. The largest absolute Gasteiger partial charge is 0.343 e. The van der Waals surface area contributed by atoms with E-state index in [2.05, 4.69) is 34.2 Å². The first-order valence-corrected chi connectivity index (χ1v) is 10.8. The van der Waals surface area contributed by atoms with E-state index < -0.39 is 6.04 Å². The summed E-state index contributed by atoms with van der Waals surface area (Å²) in [6, 6.07) is 15.4. The van der Waals surface area contributed by atoms with Gasteiger partial charge in [0.25, 0.3) is 0 Å². The topological polar surface area (TPSA) is 61.4 Å². The van der Waals surface area contributed by atoms with Gasteiger partial charge in [0.15, 0.2) is 0 Å². The van der Waals surface area contributed by atoms with Crippen molar-refractivity contribution in [2.75, 3.05) is 11.9 Å². The van der Waals surface area contributed by atoms with Crippen LogP contribution < -0.4 is 15.5 Å². The Kier molecular flexibility index (Phi) is 5.65. The lowest BCUT2D eigenvalue weighted by molar-refractivity contribution is -0.128. The molecule has 0 fully saturated rings. The van der Waals surface area contributed by atoms with Gasteiger partial charge in [-0.25, -0.2) is 0 Å². The second kappa shape index (κ2) is 8.35. The van der Waals surface area contributed by atoms with E-state index in [0.717, 1.165) is 23.2 Å². The zero-order valence-electron chi connectivity index (χ0n) is 16.6. The molecular weight excluding hydrogens is 382 g/mol. The fourth-order valence-corrected chi connectivity index (χ4v) is 4.72. The lowest BCUT2D eigenvalue weighted by atomic mass is 10.1. The lowest BCUT2D eigenvalue weighted by Gasteiger charge is -2.27. The van der Waals surface area contributed by atoms with Crippen LogP contribution in [0.5, 0.6) is 0 Å². The Balaban J connectivity index is 1.68.